The van der Waals surface area contributed by atoms with Gasteiger partial charge >= 0.3 is 0 Å². The number of nitrogens with one attached hydrogen (secondary N) is 1. The number of nitrogens with zero attached hydrogens (tertiary/aromatic N) is 2. The molecule has 1 saturated heterocycles. The van der Waals surface area contributed by atoms with Crippen LogP contribution in [0.3, 0.4) is 0 Å². The van der Waals surface area contributed by atoms with Crippen LogP contribution in [0.1, 0.15) is 18.9 Å². The number of likely N-dealkylation sites (tertiary alicyclic amines) is 1. The van der Waals surface area contributed by atoms with E-state index < -0.39 is 0 Å². The lowest BCUT2D eigenvalue weighted by molar-refractivity contribution is 0.157. The molecule has 120 valence electrons. The van der Waals surface area contributed by atoms with Crippen LogP contribution in [0.4, 0.5) is 0 Å². The van der Waals surface area contributed by atoms with Gasteiger partial charge in [-0.25, -0.2) is 4.99 Å². The molecule has 1 aromatic rings. The van der Waals surface area contributed by atoms with E-state index in [0.29, 0.717) is 5.92 Å². The smallest absolute Gasteiger partial charge is 0.194 e. The van der Waals surface area contributed by atoms with Crippen molar-refractivity contribution >= 4 is 57.2 Å². The predicted molar refractivity (Wildman–Crippen MR) is 104 cm³/mol. The number of hydrogen-bond acceptors (Lipinski definition) is 3. The highest BCUT2D eigenvalue weighted by molar-refractivity contribution is 14.0. The third-order valence-electron chi connectivity index (χ3n) is 3.36. The molecular weight excluding hydrogens is 465 g/mol. The fraction of sp³-hybridized carbons (Fsp3) is 0.643. The van der Waals surface area contributed by atoms with Gasteiger partial charge in [-0.3, -0.25) is 0 Å². The summed E-state index contributed by atoms with van der Waals surface area (Å²) in [6, 6.07) is 2.13. The van der Waals surface area contributed by atoms with Crippen molar-refractivity contribution in [3.05, 3.63) is 20.8 Å². The summed E-state index contributed by atoms with van der Waals surface area (Å²) in [5, 5.41) is 5.54. The van der Waals surface area contributed by atoms with Crippen molar-refractivity contribution in [3.8, 4) is 0 Å². The van der Waals surface area contributed by atoms with E-state index in [1.807, 2.05) is 0 Å². The van der Waals surface area contributed by atoms with Gasteiger partial charge in [0, 0.05) is 32.7 Å². The lowest BCUT2D eigenvalue weighted by Crippen LogP contribution is -2.40. The fourth-order valence-electron chi connectivity index (χ4n) is 2.42. The predicted octanol–water partition coefficient (Wildman–Crippen LogP) is 3.56. The molecule has 1 atom stereocenters. The average molecular weight is 488 g/mol. The highest BCUT2D eigenvalue weighted by atomic mass is 127. The first kappa shape index (κ1) is 19.2. The monoisotopic (exact) mass is 487 g/mol. The minimum atomic E-state index is 0. The van der Waals surface area contributed by atoms with Crippen LogP contribution >= 0.6 is 51.2 Å². The maximum atomic E-state index is 5.26. The third kappa shape index (κ3) is 6.03. The summed E-state index contributed by atoms with van der Waals surface area (Å²) in [6.07, 6.45) is 1.18. The molecule has 0 bridgehead atoms. The van der Waals surface area contributed by atoms with E-state index in [-0.39, 0.29) is 24.0 Å². The number of halogens is 2. The van der Waals surface area contributed by atoms with Crippen molar-refractivity contribution in [2.75, 3.05) is 33.4 Å². The average Bonchev–Trinajstić information content (AvgIpc) is 3.04. The van der Waals surface area contributed by atoms with Gasteiger partial charge in [-0.2, -0.15) is 0 Å². The van der Waals surface area contributed by atoms with Crippen LogP contribution < -0.4 is 5.32 Å². The third-order valence-corrected chi connectivity index (χ3v) is 4.91. The molecular formula is C14H23BrIN3OS. The Labute approximate surface area is 156 Å². The molecule has 1 N–H and O–H groups in total. The molecule has 1 aliphatic heterocycles. The summed E-state index contributed by atoms with van der Waals surface area (Å²) in [4.78, 5) is 7.09. The van der Waals surface area contributed by atoms with Crippen LogP contribution in [0.15, 0.2) is 20.2 Å². The van der Waals surface area contributed by atoms with Crippen molar-refractivity contribution in [2.45, 2.75) is 19.9 Å². The molecule has 0 saturated carbocycles. The van der Waals surface area contributed by atoms with Crippen LogP contribution in [0, 0.1) is 5.92 Å². The summed E-state index contributed by atoms with van der Waals surface area (Å²) in [5.74, 6) is 1.65. The number of methoxy groups -OCH3 is 1. The standard InChI is InChI=1S/C14H22BrN3OS.HI/c1-3-16-14(17-7-12-6-13(15)20-10-12)18-5-4-11(8-18)9-19-2;/h6,10-11H,3-5,7-9H2,1-2H3,(H,16,17);1H. The molecule has 0 spiro atoms. The second-order valence-electron chi connectivity index (χ2n) is 4.99. The second-order valence-corrected chi connectivity index (χ2v) is 7.28. The maximum absolute atomic E-state index is 5.26. The largest absolute Gasteiger partial charge is 0.384 e. The van der Waals surface area contributed by atoms with Gasteiger partial charge in [0.05, 0.1) is 16.9 Å². The molecule has 1 aliphatic rings. The van der Waals surface area contributed by atoms with Crippen LogP contribution in [0.25, 0.3) is 0 Å². The zero-order valence-electron chi connectivity index (χ0n) is 12.5. The quantitative estimate of drug-likeness (QED) is 0.392. The Morgan fingerprint density at radius 3 is 3.05 bits per heavy atom. The molecule has 2 heterocycles. The van der Waals surface area contributed by atoms with E-state index in [9.17, 15) is 0 Å². The van der Waals surface area contributed by atoms with E-state index in [2.05, 4.69) is 44.5 Å². The Bertz CT molecular complexity index is 455. The lowest BCUT2D eigenvalue weighted by Gasteiger charge is -2.21. The lowest BCUT2D eigenvalue weighted by atomic mass is 10.1. The van der Waals surface area contributed by atoms with Crippen molar-refractivity contribution in [1.29, 1.82) is 0 Å². The van der Waals surface area contributed by atoms with Crippen LogP contribution in [0.5, 0.6) is 0 Å². The Morgan fingerprint density at radius 2 is 2.43 bits per heavy atom. The number of rotatable bonds is 5. The van der Waals surface area contributed by atoms with Crippen molar-refractivity contribution in [3.63, 3.8) is 0 Å². The fourth-order valence-corrected chi connectivity index (χ4v) is 3.62. The highest BCUT2D eigenvalue weighted by Gasteiger charge is 2.24. The van der Waals surface area contributed by atoms with E-state index in [0.717, 1.165) is 42.5 Å². The van der Waals surface area contributed by atoms with Crippen LogP contribution in [0.2, 0.25) is 0 Å². The van der Waals surface area contributed by atoms with Crippen LogP contribution in [-0.4, -0.2) is 44.2 Å². The molecule has 2 rings (SSSR count). The number of ether oxygens (including phenoxy) is 1. The van der Waals surface area contributed by atoms with Gasteiger partial charge in [-0.05, 0) is 46.3 Å². The van der Waals surface area contributed by atoms with Gasteiger partial charge < -0.3 is 15.0 Å². The summed E-state index contributed by atoms with van der Waals surface area (Å²) in [5.41, 5.74) is 1.25. The van der Waals surface area contributed by atoms with Gasteiger partial charge in [0.15, 0.2) is 5.96 Å². The molecule has 1 unspecified atom stereocenters. The second kappa shape index (κ2) is 10.0. The number of hydrogen-bond donors (Lipinski definition) is 1. The number of thiophene rings is 1. The van der Waals surface area contributed by atoms with Crippen molar-refractivity contribution < 1.29 is 4.74 Å². The van der Waals surface area contributed by atoms with Crippen molar-refractivity contribution in [1.82, 2.24) is 10.2 Å². The normalized spacial score (nSPS) is 18.7. The summed E-state index contributed by atoms with van der Waals surface area (Å²) < 4.78 is 6.42. The molecule has 1 fully saturated rings. The highest BCUT2D eigenvalue weighted by Crippen LogP contribution is 2.21. The molecule has 21 heavy (non-hydrogen) atoms. The van der Waals surface area contributed by atoms with E-state index in [4.69, 9.17) is 9.73 Å². The Hall–Kier alpha value is 0.140. The molecule has 7 heteroatoms. The Balaban J connectivity index is 0.00000220. The summed E-state index contributed by atoms with van der Waals surface area (Å²) >= 11 is 5.20. The van der Waals surface area contributed by atoms with Crippen LogP contribution in [-0.2, 0) is 11.3 Å². The number of aliphatic imine (C=N–C) groups is 1. The molecule has 0 radical (unpaired) electrons. The van der Waals surface area contributed by atoms with Gasteiger partial charge in [-0.1, -0.05) is 0 Å². The zero-order chi connectivity index (χ0) is 14.4. The minimum Gasteiger partial charge on any atom is -0.384 e. The summed E-state index contributed by atoms with van der Waals surface area (Å²) in [6.45, 7) is 6.68. The SMILES string of the molecule is CCNC(=NCc1csc(Br)c1)N1CCC(COC)C1.I. The molecule has 0 aliphatic carbocycles. The molecule has 4 nitrogen and oxygen atoms in total. The first-order chi connectivity index (χ1) is 9.72. The summed E-state index contributed by atoms with van der Waals surface area (Å²) in [7, 11) is 1.77. The van der Waals surface area contributed by atoms with E-state index in [1.165, 1.54) is 12.0 Å². The van der Waals surface area contributed by atoms with Gasteiger partial charge in [0.2, 0.25) is 0 Å². The maximum Gasteiger partial charge on any atom is 0.194 e. The van der Waals surface area contributed by atoms with Gasteiger partial charge in [0.25, 0.3) is 0 Å². The first-order valence-corrected chi connectivity index (χ1v) is 8.65. The topological polar surface area (TPSA) is 36.9 Å². The zero-order valence-corrected chi connectivity index (χ0v) is 17.2. The van der Waals surface area contributed by atoms with Crippen molar-refractivity contribution in [2.24, 2.45) is 10.9 Å². The Morgan fingerprint density at radius 1 is 1.62 bits per heavy atom. The molecule has 0 aromatic carbocycles. The van der Waals surface area contributed by atoms with Gasteiger partial charge in [-0.15, -0.1) is 35.3 Å². The Kier molecular flexibility index (Phi) is 9.15. The number of guanidine groups is 1. The first-order valence-electron chi connectivity index (χ1n) is 6.98. The van der Waals surface area contributed by atoms with Gasteiger partial charge in [0.1, 0.15) is 0 Å². The minimum absolute atomic E-state index is 0. The molecule has 1 aromatic heterocycles. The van der Waals surface area contributed by atoms with E-state index >= 15 is 0 Å². The molecule has 0 amide bonds. The van der Waals surface area contributed by atoms with E-state index in [1.54, 1.807) is 18.4 Å².